The summed E-state index contributed by atoms with van der Waals surface area (Å²) in [6.07, 6.45) is 1.72. The van der Waals surface area contributed by atoms with Gasteiger partial charge in [-0.05, 0) is 61.4 Å². The van der Waals surface area contributed by atoms with Gasteiger partial charge in [0.25, 0.3) is 5.91 Å². The molecule has 1 amide bonds. The summed E-state index contributed by atoms with van der Waals surface area (Å²) in [6, 6.07) is 23.2. The molecule has 0 aliphatic heterocycles. The van der Waals surface area contributed by atoms with Crippen molar-refractivity contribution in [3.8, 4) is 5.75 Å². The van der Waals surface area contributed by atoms with Crippen LogP contribution in [-0.2, 0) is 6.54 Å². The molecule has 4 rings (SSSR count). The number of halogens is 1. The maximum atomic E-state index is 12.6. The van der Waals surface area contributed by atoms with E-state index >= 15 is 0 Å². The zero-order valence-corrected chi connectivity index (χ0v) is 19.7. The number of nitrogens with one attached hydrogen (secondary N) is 1. The molecule has 0 radical (unpaired) electrons. The molecule has 1 unspecified atom stereocenters. The Morgan fingerprint density at radius 2 is 1.85 bits per heavy atom. The molecule has 1 heterocycles. The second-order valence-electron chi connectivity index (χ2n) is 8.07. The summed E-state index contributed by atoms with van der Waals surface area (Å²) in [5.74, 6) is 1.51. The number of carbonyl (C=O) groups is 1. The van der Waals surface area contributed by atoms with Gasteiger partial charge in [0.2, 0.25) is 0 Å². The van der Waals surface area contributed by atoms with E-state index in [1.165, 1.54) is 0 Å². The van der Waals surface area contributed by atoms with E-state index in [1.54, 1.807) is 0 Å². The average molecular weight is 462 g/mol. The Hall–Kier alpha value is -3.31. The largest absolute Gasteiger partial charge is 0.483 e. The van der Waals surface area contributed by atoms with Crippen molar-refractivity contribution < 1.29 is 9.53 Å². The number of rotatable bonds is 9. The highest BCUT2D eigenvalue weighted by molar-refractivity contribution is 6.30. The molecule has 0 spiro atoms. The molecule has 33 heavy (non-hydrogen) atoms. The number of carbonyl (C=O) groups excluding carboxylic acids is 1. The normalized spacial score (nSPS) is 12.0. The van der Waals surface area contributed by atoms with Crippen LogP contribution >= 0.6 is 11.6 Å². The van der Waals surface area contributed by atoms with Crippen LogP contribution in [-0.4, -0.2) is 22.0 Å². The smallest absolute Gasteiger partial charge is 0.251 e. The van der Waals surface area contributed by atoms with Crippen LogP contribution in [0.15, 0.2) is 72.8 Å². The molecule has 0 fully saturated rings. The SMILES string of the molecule is CCCCNC(=O)c1ccc2c(c1)nc(C(C)Oc1ccccc1)n2Cc1ccc(Cl)cc1. The second-order valence-corrected chi connectivity index (χ2v) is 8.51. The molecular formula is C27H28ClN3O2. The highest BCUT2D eigenvalue weighted by atomic mass is 35.5. The van der Waals surface area contributed by atoms with Gasteiger partial charge in [0.05, 0.1) is 11.0 Å². The van der Waals surface area contributed by atoms with Crippen LogP contribution in [0.25, 0.3) is 11.0 Å². The average Bonchev–Trinajstić information content (AvgIpc) is 3.19. The van der Waals surface area contributed by atoms with Crippen molar-refractivity contribution in [3.63, 3.8) is 0 Å². The van der Waals surface area contributed by atoms with Gasteiger partial charge in [0.1, 0.15) is 5.75 Å². The van der Waals surface area contributed by atoms with Gasteiger partial charge >= 0.3 is 0 Å². The second kappa shape index (κ2) is 10.5. The summed E-state index contributed by atoms with van der Waals surface area (Å²) in [5.41, 5.74) is 3.44. The third-order valence-corrected chi connectivity index (χ3v) is 5.78. The predicted molar refractivity (Wildman–Crippen MR) is 133 cm³/mol. The molecule has 3 aromatic carbocycles. The molecule has 0 bridgehead atoms. The van der Waals surface area contributed by atoms with Crippen molar-refractivity contribution in [3.05, 3.63) is 94.8 Å². The fourth-order valence-electron chi connectivity index (χ4n) is 3.78. The van der Waals surface area contributed by atoms with Gasteiger partial charge < -0.3 is 14.6 Å². The van der Waals surface area contributed by atoms with Gasteiger partial charge in [-0.2, -0.15) is 0 Å². The van der Waals surface area contributed by atoms with Gasteiger partial charge in [-0.15, -0.1) is 0 Å². The number of nitrogens with zero attached hydrogens (tertiary/aromatic N) is 2. The molecule has 0 aliphatic carbocycles. The van der Waals surface area contributed by atoms with E-state index in [4.69, 9.17) is 21.3 Å². The maximum Gasteiger partial charge on any atom is 0.251 e. The van der Waals surface area contributed by atoms with E-state index in [-0.39, 0.29) is 12.0 Å². The quantitative estimate of drug-likeness (QED) is 0.293. The minimum absolute atomic E-state index is 0.0762. The molecule has 1 N–H and O–H groups in total. The molecule has 0 aliphatic rings. The monoisotopic (exact) mass is 461 g/mol. The van der Waals surface area contributed by atoms with Gasteiger partial charge in [0.15, 0.2) is 11.9 Å². The molecule has 1 atom stereocenters. The van der Waals surface area contributed by atoms with Crippen LogP contribution < -0.4 is 10.1 Å². The molecule has 4 aromatic rings. The molecule has 170 valence electrons. The number of para-hydroxylation sites is 1. The van der Waals surface area contributed by atoms with Crippen molar-refractivity contribution >= 4 is 28.5 Å². The van der Waals surface area contributed by atoms with Crippen LogP contribution in [0.2, 0.25) is 5.02 Å². The van der Waals surface area contributed by atoms with E-state index in [1.807, 2.05) is 79.7 Å². The van der Waals surface area contributed by atoms with E-state index < -0.39 is 0 Å². The standard InChI is InChI=1S/C27H28ClN3O2/c1-3-4-16-29-27(32)21-12-15-25-24(17-21)30-26(19(2)33-23-8-6-5-7-9-23)31(25)18-20-10-13-22(28)14-11-20/h5-15,17,19H,3-4,16,18H2,1-2H3,(H,29,32). The molecular weight excluding hydrogens is 434 g/mol. The van der Waals surface area contributed by atoms with E-state index in [0.717, 1.165) is 41.0 Å². The molecule has 0 saturated heterocycles. The van der Waals surface area contributed by atoms with Crippen molar-refractivity contribution in [2.45, 2.75) is 39.3 Å². The Bertz CT molecular complexity index is 1220. The molecule has 6 heteroatoms. The Labute approximate surface area is 199 Å². The first-order valence-corrected chi connectivity index (χ1v) is 11.7. The lowest BCUT2D eigenvalue weighted by molar-refractivity contribution is 0.0953. The van der Waals surface area contributed by atoms with Crippen molar-refractivity contribution in [2.75, 3.05) is 6.54 Å². The summed E-state index contributed by atoms with van der Waals surface area (Å²) in [6.45, 7) is 5.38. The van der Waals surface area contributed by atoms with Crippen molar-refractivity contribution in [2.24, 2.45) is 0 Å². The van der Waals surface area contributed by atoms with Crippen LogP contribution in [0.3, 0.4) is 0 Å². The van der Waals surface area contributed by atoms with Crippen molar-refractivity contribution in [1.82, 2.24) is 14.9 Å². The predicted octanol–water partition coefficient (Wildman–Crippen LogP) is 6.41. The zero-order chi connectivity index (χ0) is 23.2. The first-order chi connectivity index (χ1) is 16.0. The van der Waals surface area contributed by atoms with Crippen LogP contribution in [0.4, 0.5) is 0 Å². The maximum absolute atomic E-state index is 12.6. The van der Waals surface area contributed by atoms with Gasteiger partial charge in [-0.1, -0.05) is 55.3 Å². The van der Waals surface area contributed by atoms with Crippen LogP contribution in [0.1, 0.15) is 54.5 Å². The Balaban J connectivity index is 1.69. The van der Waals surface area contributed by atoms with Gasteiger partial charge in [-0.3, -0.25) is 4.79 Å². The Kier molecular flexibility index (Phi) is 7.30. The lowest BCUT2D eigenvalue weighted by Gasteiger charge is -2.17. The van der Waals surface area contributed by atoms with Gasteiger partial charge in [0, 0.05) is 23.7 Å². The first kappa shape index (κ1) is 22.9. The van der Waals surface area contributed by atoms with E-state index in [0.29, 0.717) is 23.7 Å². The van der Waals surface area contributed by atoms with E-state index in [2.05, 4.69) is 16.8 Å². The summed E-state index contributed by atoms with van der Waals surface area (Å²) in [7, 11) is 0. The number of hydrogen-bond donors (Lipinski definition) is 1. The minimum Gasteiger partial charge on any atom is -0.483 e. The first-order valence-electron chi connectivity index (χ1n) is 11.3. The third-order valence-electron chi connectivity index (χ3n) is 5.53. The summed E-state index contributed by atoms with van der Waals surface area (Å²) >= 11 is 6.08. The fourth-order valence-corrected chi connectivity index (χ4v) is 3.90. The number of aromatic nitrogens is 2. The van der Waals surface area contributed by atoms with Crippen LogP contribution in [0.5, 0.6) is 5.75 Å². The number of imidazole rings is 1. The number of hydrogen-bond acceptors (Lipinski definition) is 3. The minimum atomic E-state index is -0.283. The fraction of sp³-hybridized carbons (Fsp3) is 0.259. The highest BCUT2D eigenvalue weighted by Crippen LogP contribution is 2.27. The van der Waals surface area contributed by atoms with E-state index in [9.17, 15) is 4.79 Å². The number of unbranched alkanes of at least 4 members (excludes halogenated alkanes) is 1. The molecule has 5 nitrogen and oxygen atoms in total. The van der Waals surface area contributed by atoms with Gasteiger partial charge in [-0.25, -0.2) is 4.98 Å². The lowest BCUT2D eigenvalue weighted by Crippen LogP contribution is -2.24. The summed E-state index contributed by atoms with van der Waals surface area (Å²) in [5, 5.41) is 3.68. The number of fused-ring (bicyclic) bond motifs is 1. The third kappa shape index (κ3) is 5.55. The topological polar surface area (TPSA) is 56.1 Å². The lowest BCUT2D eigenvalue weighted by atomic mass is 10.1. The Morgan fingerprint density at radius 3 is 2.58 bits per heavy atom. The van der Waals surface area contributed by atoms with Crippen LogP contribution in [0, 0.1) is 0 Å². The molecule has 1 aromatic heterocycles. The number of ether oxygens (including phenoxy) is 1. The highest BCUT2D eigenvalue weighted by Gasteiger charge is 2.20. The summed E-state index contributed by atoms with van der Waals surface area (Å²) in [4.78, 5) is 17.5. The number of amides is 1. The number of benzene rings is 3. The summed E-state index contributed by atoms with van der Waals surface area (Å²) < 4.78 is 8.33. The zero-order valence-electron chi connectivity index (χ0n) is 18.9. The Morgan fingerprint density at radius 1 is 1.09 bits per heavy atom. The molecule has 0 saturated carbocycles. The van der Waals surface area contributed by atoms with Crippen molar-refractivity contribution in [1.29, 1.82) is 0 Å².